The summed E-state index contributed by atoms with van der Waals surface area (Å²) in [6.07, 6.45) is 6.76. The fourth-order valence-corrected chi connectivity index (χ4v) is 4.03. The summed E-state index contributed by atoms with van der Waals surface area (Å²) < 4.78 is 0. The van der Waals surface area contributed by atoms with Crippen molar-refractivity contribution in [2.24, 2.45) is 11.8 Å². The van der Waals surface area contributed by atoms with Gasteiger partial charge in [0.15, 0.2) is 0 Å². The van der Waals surface area contributed by atoms with E-state index in [0.717, 1.165) is 18.3 Å². The highest BCUT2D eigenvalue weighted by Gasteiger charge is 2.39. The molecule has 2 aliphatic rings. The lowest BCUT2D eigenvalue weighted by Gasteiger charge is -2.22. The van der Waals surface area contributed by atoms with Crippen LogP contribution in [-0.2, 0) is 11.2 Å². The van der Waals surface area contributed by atoms with Crippen LogP contribution in [0.15, 0.2) is 24.3 Å². The zero-order chi connectivity index (χ0) is 14.8. The first-order valence-electron chi connectivity index (χ1n) is 8.50. The van der Waals surface area contributed by atoms with Crippen LogP contribution in [0.5, 0.6) is 0 Å². The molecule has 21 heavy (non-hydrogen) atoms. The number of hydrogen-bond donors (Lipinski definition) is 1. The van der Waals surface area contributed by atoms with Crippen LogP contribution in [0, 0.1) is 11.8 Å². The van der Waals surface area contributed by atoms with Crippen LogP contribution in [0.2, 0.25) is 0 Å². The SMILES string of the molecule is CC(C)c1ccc(CCC(=O)N[C@@H]2C[C@H]3CC[C@H]2C3)cc1. The molecule has 0 heterocycles. The normalized spacial score (nSPS) is 27.3. The Morgan fingerprint density at radius 1 is 1.19 bits per heavy atom. The first kappa shape index (κ1) is 14.6. The maximum Gasteiger partial charge on any atom is 0.220 e. The van der Waals surface area contributed by atoms with E-state index in [0.29, 0.717) is 18.4 Å². The van der Waals surface area contributed by atoms with E-state index < -0.39 is 0 Å². The summed E-state index contributed by atoms with van der Waals surface area (Å²) in [7, 11) is 0. The maximum absolute atomic E-state index is 12.1. The summed E-state index contributed by atoms with van der Waals surface area (Å²) in [6, 6.07) is 9.18. The molecule has 0 aliphatic heterocycles. The van der Waals surface area contributed by atoms with Gasteiger partial charge in [-0.15, -0.1) is 0 Å². The number of carbonyl (C=O) groups excluding carboxylic acids is 1. The van der Waals surface area contributed by atoms with Crippen LogP contribution in [-0.4, -0.2) is 11.9 Å². The van der Waals surface area contributed by atoms with Crippen LogP contribution in [0.3, 0.4) is 0 Å². The van der Waals surface area contributed by atoms with Crippen LogP contribution < -0.4 is 5.32 Å². The average molecular weight is 285 g/mol. The van der Waals surface area contributed by atoms with E-state index in [-0.39, 0.29) is 5.91 Å². The van der Waals surface area contributed by atoms with E-state index >= 15 is 0 Å². The number of aryl methyl sites for hydroxylation is 1. The van der Waals surface area contributed by atoms with Crippen molar-refractivity contribution in [3.8, 4) is 0 Å². The van der Waals surface area contributed by atoms with Gasteiger partial charge in [-0.3, -0.25) is 4.79 Å². The van der Waals surface area contributed by atoms with Crippen molar-refractivity contribution >= 4 is 5.91 Å². The fourth-order valence-electron chi connectivity index (χ4n) is 4.03. The van der Waals surface area contributed by atoms with E-state index in [2.05, 4.69) is 43.4 Å². The predicted octanol–water partition coefficient (Wildman–Crippen LogP) is 4.05. The molecule has 0 spiro atoms. The number of rotatable bonds is 5. The average Bonchev–Trinajstić information content (AvgIpc) is 3.08. The minimum absolute atomic E-state index is 0.237. The van der Waals surface area contributed by atoms with Crippen LogP contribution >= 0.6 is 0 Å². The molecule has 1 aromatic carbocycles. The second-order valence-electron chi connectivity index (χ2n) is 7.25. The molecule has 3 rings (SSSR count). The Hall–Kier alpha value is -1.31. The topological polar surface area (TPSA) is 29.1 Å². The molecule has 2 heteroatoms. The van der Waals surface area contributed by atoms with Crippen molar-refractivity contribution in [1.82, 2.24) is 5.32 Å². The highest BCUT2D eigenvalue weighted by Crippen LogP contribution is 2.44. The molecule has 2 bridgehead atoms. The summed E-state index contributed by atoms with van der Waals surface area (Å²) in [5, 5.41) is 3.27. The van der Waals surface area contributed by atoms with Crippen LogP contribution in [0.1, 0.15) is 63.0 Å². The third-order valence-corrected chi connectivity index (χ3v) is 5.37. The molecule has 2 nitrogen and oxygen atoms in total. The summed E-state index contributed by atoms with van der Waals surface area (Å²) in [5.41, 5.74) is 2.63. The molecule has 2 saturated carbocycles. The smallest absolute Gasteiger partial charge is 0.220 e. The molecule has 2 fully saturated rings. The van der Waals surface area contributed by atoms with Crippen LogP contribution in [0.25, 0.3) is 0 Å². The van der Waals surface area contributed by atoms with E-state index in [4.69, 9.17) is 0 Å². The molecule has 1 N–H and O–H groups in total. The number of benzene rings is 1. The van der Waals surface area contributed by atoms with Crippen LogP contribution in [0.4, 0.5) is 0 Å². The van der Waals surface area contributed by atoms with Crippen molar-refractivity contribution in [1.29, 1.82) is 0 Å². The molecule has 3 atom stereocenters. The largest absolute Gasteiger partial charge is 0.353 e. The molecule has 114 valence electrons. The minimum atomic E-state index is 0.237. The highest BCUT2D eigenvalue weighted by molar-refractivity contribution is 5.76. The molecule has 0 aromatic heterocycles. The van der Waals surface area contributed by atoms with Crippen molar-refractivity contribution in [2.45, 2.75) is 64.3 Å². The summed E-state index contributed by atoms with van der Waals surface area (Å²) >= 11 is 0. The molecule has 0 unspecified atom stereocenters. The number of nitrogens with one attached hydrogen (secondary N) is 1. The molecular formula is C19H27NO. The number of amides is 1. The fraction of sp³-hybridized carbons (Fsp3) is 0.632. The van der Waals surface area contributed by atoms with E-state index in [1.54, 1.807) is 0 Å². The van der Waals surface area contributed by atoms with Crippen molar-refractivity contribution in [3.05, 3.63) is 35.4 Å². The Balaban J connectivity index is 1.45. The molecule has 0 saturated heterocycles. The first-order valence-corrected chi connectivity index (χ1v) is 8.50. The van der Waals surface area contributed by atoms with Gasteiger partial charge >= 0.3 is 0 Å². The summed E-state index contributed by atoms with van der Waals surface area (Å²) in [6.45, 7) is 4.41. The van der Waals surface area contributed by atoms with Crippen molar-refractivity contribution in [3.63, 3.8) is 0 Å². The van der Waals surface area contributed by atoms with Gasteiger partial charge in [-0.2, -0.15) is 0 Å². The molecule has 2 aliphatic carbocycles. The third kappa shape index (κ3) is 3.48. The van der Waals surface area contributed by atoms with E-state index in [1.807, 2.05) is 0 Å². The van der Waals surface area contributed by atoms with Gasteiger partial charge in [0.2, 0.25) is 5.91 Å². The van der Waals surface area contributed by atoms with Gasteiger partial charge < -0.3 is 5.32 Å². The summed E-state index contributed by atoms with van der Waals surface area (Å²) in [5.74, 6) is 2.47. The zero-order valence-corrected chi connectivity index (χ0v) is 13.3. The van der Waals surface area contributed by atoms with Gasteiger partial charge in [0, 0.05) is 12.5 Å². The van der Waals surface area contributed by atoms with Crippen molar-refractivity contribution in [2.75, 3.05) is 0 Å². The molecular weight excluding hydrogens is 258 g/mol. The summed E-state index contributed by atoms with van der Waals surface area (Å²) in [4.78, 5) is 12.1. The number of carbonyl (C=O) groups is 1. The monoisotopic (exact) mass is 285 g/mol. The highest BCUT2D eigenvalue weighted by atomic mass is 16.1. The standard InChI is InChI=1S/C19H27NO/c1-13(2)16-7-3-14(4-8-16)6-10-19(21)20-18-12-15-5-9-17(18)11-15/h3-4,7-8,13,15,17-18H,5-6,9-12H2,1-2H3,(H,20,21)/t15-,17-,18+/m0/s1. The van der Waals surface area contributed by atoms with E-state index in [9.17, 15) is 4.79 Å². The maximum atomic E-state index is 12.1. The molecule has 1 amide bonds. The lowest BCUT2D eigenvalue weighted by molar-refractivity contribution is -0.122. The first-order chi connectivity index (χ1) is 10.1. The zero-order valence-electron chi connectivity index (χ0n) is 13.3. The molecule has 1 aromatic rings. The van der Waals surface area contributed by atoms with E-state index in [1.165, 1.54) is 36.8 Å². The van der Waals surface area contributed by atoms with Gasteiger partial charge in [0.05, 0.1) is 0 Å². The van der Waals surface area contributed by atoms with Crippen molar-refractivity contribution < 1.29 is 4.79 Å². The van der Waals surface area contributed by atoms with Gasteiger partial charge in [0.25, 0.3) is 0 Å². The Morgan fingerprint density at radius 2 is 1.95 bits per heavy atom. The Morgan fingerprint density at radius 3 is 2.52 bits per heavy atom. The molecule has 0 radical (unpaired) electrons. The minimum Gasteiger partial charge on any atom is -0.353 e. The number of hydrogen-bond acceptors (Lipinski definition) is 1. The van der Waals surface area contributed by atoms with Gasteiger partial charge in [-0.05, 0) is 54.6 Å². The quantitative estimate of drug-likeness (QED) is 0.869. The Bertz CT molecular complexity index is 491. The van der Waals surface area contributed by atoms with Gasteiger partial charge in [0.1, 0.15) is 0 Å². The lowest BCUT2D eigenvalue weighted by Crippen LogP contribution is -2.38. The second kappa shape index (κ2) is 6.21. The Labute approximate surface area is 128 Å². The number of fused-ring (bicyclic) bond motifs is 2. The van der Waals surface area contributed by atoms with Gasteiger partial charge in [-0.25, -0.2) is 0 Å². The third-order valence-electron chi connectivity index (χ3n) is 5.37. The lowest BCUT2D eigenvalue weighted by atomic mass is 9.95. The second-order valence-corrected chi connectivity index (χ2v) is 7.25. The van der Waals surface area contributed by atoms with Gasteiger partial charge in [-0.1, -0.05) is 44.5 Å². The predicted molar refractivity (Wildman–Crippen MR) is 86.2 cm³/mol. The Kier molecular flexibility index (Phi) is 4.32.